The number of carbonyl (C=O) groups excluding carboxylic acids is 1. The SMILES string of the molecule is O=C[C@H](OP(=O)(O)O)[C@@H](OP(=O)(O)O)[C@@H](O)CO. The molecule has 0 unspecified atom stereocenters. The summed E-state index contributed by atoms with van der Waals surface area (Å²) in [5.74, 6) is 0. The Morgan fingerprint density at radius 1 is 1.06 bits per heavy atom. The van der Waals surface area contributed by atoms with Gasteiger partial charge in [0.2, 0.25) is 0 Å². The zero-order chi connectivity index (χ0) is 14.6. The highest BCUT2D eigenvalue weighted by Gasteiger charge is 2.38. The van der Waals surface area contributed by atoms with E-state index in [0.29, 0.717) is 0 Å². The lowest BCUT2D eigenvalue weighted by Gasteiger charge is -2.26. The predicted octanol–water partition coefficient (Wildman–Crippen LogP) is -2.51. The summed E-state index contributed by atoms with van der Waals surface area (Å²) in [7, 11) is -10.3. The summed E-state index contributed by atoms with van der Waals surface area (Å²) in [4.78, 5) is 44.5. The fourth-order valence-corrected chi connectivity index (χ4v) is 2.00. The van der Waals surface area contributed by atoms with Crippen molar-refractivity contribution in [3.05, 3.63) is 0 Å². The largest absolute Gasteiger partial charge is 0.470 e. The lowest BCUT2D eigenvalue weighted by molar-refractivity contribution is -0.125. The number of hydrogen-bond donors (Lipinski definition) is 6. The molecule has 0 rings (SSSR count). The minimum Gasteiger partial charge on any atom is -0.394 e. The van der Waals surface area contributed by atoms with Crippen LogP contribution in [0.4, 0.5) is 0 Å². The van der Waals surface area contributed by atoms with Gasteiger partial charge in [-0.3, -0.25) is 9.05 Å². The molecule has 0 aliphatic heterocycles. The van der Waals surface area contributed by atoms with Gasteiger partial charge in [-0.25, -0.2) is 9.13 Å². The van der Waals surface area contributed by atoms with Gasteiger partial charge in [-0.05, 0) is 0 Å². The standard InChI is InChI=1S/C5H12O11P2/c6-1-3(8)5(16-18(12,13)14)4(2-7)15-17(9,10)11/h2-6,8H,1H2,(H2,9,10,11)(H2,12,13,14)/t3-,4-,5-/m0/s1. The maximum atomic E-state index is 10.6. The molecule has 0 aliphatic rings. The third-order valence-electron chi connectivity index (χ3n) is 1.54. The van der Waals surface area contributed by atoms with E-state index in [1.165, 1.54) is 0 Å². The average molecular weight is 310 g/mol. The molecule has 0 fully saturated rings. The first-order valence-electron chi connectivity index (χ1n) is 4.22. The van der Waals surface area contributed by atoms with Gasteiger partial charge in [0.15, 0.2) is 12.4 Å². The average Bonchev–Trinajstić information content (AvgIpc) is 2.19. The van der Waals surface area contributed by atoms with Crippen LogP contribution in [0.3, 0.4) is 0 Å². The molecule has 11 nitrogen and oxygen atoms in total. The van der Waals surface area contributed by atoms with Crippen molar-refractivity contribution in [1.82, 2.24) is 0 Å². The van der Waals surface area contributed by atoms with Crippen molar-refractivity contribution in [2.45, 2.75) is 18.3 Å². The molecule has 13 heteroatoms. The lowest BCUT2D eigenvalue weighted by atomic mass is 10.1. The van der Waals surface area contributed by atoms with E-state index >= 15 is 0 Å². The number of hydrogen-bond acceptors (Lipinski definition) is 7. The van der Waals surface area contributed by atoms with Gasteiger partial charge in [-0.1, -0.05) is 0 Å². The molecule has 0 aromatic carbocycles. The first-order chi connectivity index (χ1) is 8.00. The molecule has 0 bridgehead atoms. The summed E-state index contributed by atoms with van der Waals surface area (Å²) in [5.41, 5.74) is 0. The Hall–Kier alpha value is -0.190. The molecular formula is C5H12O11P2. The fourth-order valence-electron chi connectivity index (χ4n) is 0.932. The highest BCUT2D eigenvalue weighted by Crippen LogP contribution is 2.43. The molecule has 0 saturated carbocycles. The van der Waals surface area contributed by atoms with Crippen molar-refractivity contribution < 1.29 is 52.8 Å². The minimum atomic E-state index is -5.18. The normalized spacial score (nSPS) is 18.1. The van der Waals surface area contributed by atoms with Gasteiger partial charge >= 0.3 is 15.6 Å². The van der Waals surface area contributed by atoms with Crippen molar-refractivity contribution >= 4 is 21.9 Å². The van der Waals surface area contributed by atoms with E-state index in [0.717, 1.165) is 0 Å². The number of aliphatic hydroxyl groups excluding tert-OH is 2. The van der Waals surface area contributed by atoms with Crippen LogP contribution in [0.2, 0.25) is 0 Å². The molecule has 0 radical (unpaired) electrons. The molecule has 108 valence electrons. The Morgan fingerprint density at radius 3 is 1.78 bits per heavy atom. The summed E-state index contributed by atoms with van der Waals surface area (Å²) >= 11 is 0. The second-order valence-electron chi connectivity index (χ2n) is 3.01. The van der Waals surface area contributed by atoms with Crippen molar-refractivity contribution in [3.63, 3.8) is 0 Å². The topological polar surface area (TPSA) is 191 Å². The summed E-state index contributed by atoms with van der Waals surface area (Å²) < 4.78 is 28.9. The number of rotatable bonds is 8. The predicted molar refractivity (Wildman–Crippen MR) is 53.0 cm³/mol. The zero-order valence-corrected chi connectivity index (χ0v) is 10.4. The summed E-state index contributed by atoms with van der Waals surface area (Å²) in [6.45, 7) is -1.08. The van der Waals surface area contributed by atoms with Crippen LogP contribution in [0.1, 0.15) is 0 Å². The second kappa shape index (κ2) is 6.83. The van der Waals surface area contributed by atoms with E-state index in [4.69, 9.17) is 29.8 Å². The van der Waals surface area contributed by atoms with Crippen LogP contribution in [-0.2, 0) is 23.0 Å². The lowest BCUT2D eigenvalue weighted by Crippen LogP contribution is -2.43. The first-order valence-corrected chi connectivity index (χ1v) is 7.28. The second-order valence-corrected chi connectivity index (χ2v) is 5.39. The molecule has 0 saturated heterocycles. The molecule has 6 N–H and O–H groups in total. The number of aliphatic hydroxyl groups is 2. The molecule has 0 spiro atoms. The highest BCUT2D eigenvalue weighted by molar-refractivity contribution is 7.46. The molecule has 0 aliphatic carbocycles. The third-order valence-corrected chi connectivity index (χ3v) is 2.58. The molecule has 0 aromatic rings. The number of phosphoric acid groups is 2. The minimum absolute atomic E-state index is 0.238. The van der Waals surface area contributed by atoms with Gasteiger partial charge in [0.1, 0.15) is 12.2 Å². The number of aldehydes is 1. The third kappa shape index (κ3) is 7.29. The Bertz CT molecular complexity index is 356. The molecule has 0 amide bonds. The smallest absolute Gasteiger partial charge is 0.394 e. The Balaban J connectivity index is 5.08. The van der Waals surface area contributed by atoms with Crippen LogP contribution in [0, 0.1) is 0 Å². The zero-order valence-electron chi connectivity index (χ0n) is 8.64. The van der Waals surface area contributed by atoms with Crippen LogP contribution in [0.5, 0.6) is 0 Å². The van der Waals surface area contributed by atoms with E-state index in [-0.39, 0.29) is 6.29 Å². The van der Waals surface area contributed by atoms with Gasteiger partial charge in [0.25, 0.3) is 0 Å². The van der Waals surface area contributed by atoms with E-state index < -0.39 is 40.6 Å². The Labute approximate surface area is 100 Å². The highest BCUT2D eigenvalue weighted by atomic mass is 31.2. The molecule has 0 aromatic heterocycles. The Kier molecular flexibility index (Phi) is 6.75. The monoisotopic (exact) mass is 310 g/mol. The molecule has 3 atom stereocenters. The van der Waals surface area contributed by atoms with Crippen molar-refractivity contribution in [2.75, 3.05) is 6.61 Å². The quantitative estimate of drug-likeness (QED) is 0.205. The van der Waals surface area contributed by atoms with Crippen molar-refractivity contribution in [3.8, 4) is 0 Å². The molecule has 0 heterocycles. The maximum Gasteiger partial charge on any atom is 0.470 e. The first kappa shape index (κ1) is 17.8. The van der Waals surface area contributed by atoms with E-state index in [1.807, 2.05) is 0 Å². The van der Waals surface area contributed by atoms with Gasteiger partial charge in [-0.2, -0.15) is 0 Å². The summed E-state index contributed by atoms with van der Waals surface area (Å²) in [6, 6.07) is 0. The molecule has 18 heavy (non-hydrogen) atoms. The van der Waals surface area contributed by atoms with Crippen LogP contribution in [-0.4, -0.2) is 61.0 Å². The van der Waals surface area contributed by atoms with Gasteiger partial charge in [0.05, 0.1) is 6.61 Å². The Morgan fingerprint density at radius 2 is 1.50 bits per heavy atom. The van der Waals surface area contributed by atoms with Crippen LogP contribution >= 0.6 is 15.6 Å². The van der Waals surface area contributed by atoms with Gasteiger partial charge in [-0.15, -0.1) is 0 Å². The van der Waals surface area contributed by atoms with Crippen LogP contribution < -0.4 is 0 Å². The number of carbonyl (C=O) groups is 1. The van der Waals surface area contributed by atoms with Crippen LogP contribution in [0.25, 0.3) is 0 Å². The van der Waals surface area contributed by atoms with Gasteiger partial charge < -0.3 is 34.6 Å². The molecular weight excluding hydrogens is 298 g/mol. The maximum absolute atomic E-state index is 10.6. The van der Waals surface area contributed by atoms with E-state index in [2.05, 4.69) is 9.05 Å². The summed E-state index contributed by atoms with van der Waals surface area (Å²) in [6.07, 6.45) is -6.57. The number of phosphoric ester groups is 2. The van der Waals surface area contributed by atoms with Crippen molar-refractivity contribution in [1.29, 1.82) is 0 Å². The fraction of sp³-hybridized carbons (Fsp3) is 0.800. The van der Waals surface area contributed by atoms with Gasteiger partial charge in [0, 0.05) is 0 Å². The van der Waals surface area contributed by atoms with Crippen LogP contribution in [0.15, 0.2) is 0 Å². The van der Waals surface area contributed by atoms with E-state index in [1.54, 1.807) is 0 Å². The van der Waals surface area contributed by atoms with Crippen molar-refractivity contribution in [2.24, 2.45) is 0 Å². The summed E-state index contributed by atoms with van der Waals surface area (Å²) in [5, 5.41) is 17.8. The van der Waals surface area contributed by atoms with E-state index in [9.17, 15) is 13.9 Å².